The van der Waals surface area contributed by atoms with Gasteiger partial charge in [-0.25, -0.2) is 0 Å². The second kappa shape index (κ2) is 7.22. The highest BCUT2D eigenvalue weighted by Crippen LogP contribution is 1.90. The Bertz CT molecular complexity index is 130. The van der Waals surface area contributed by atoms with Gasteiger partial charge in [-0.1, -0.05) is 0 Å². The highest BCUT2D eigenvalue weighted by atomic mass is 15.1. The van der Waals surface area contributed by atoms with E-state index in [1.165, 1.54) is 0 Å². The van der Waals surface area contributed by atoms with Crippen molar-refractivity contribution in [2.75, 3.05) is 26.2 Å². The molecular formula is C12H28N4. The van der Waals surface area contributed by atoms with Crippen LogP contribution in [0.2, 0.25) is 0 Å². The molecule has 0 saturated carbocycles. The van der Waals surface area contributed by atoms with Crippen LogP contribution in [0.15, 0.2) is 0 Å². The molecule has 4 atom stereocenters. The molecule has 0 aromatic rings. The van der Waals surface area contributed by atoms with E-state index in [1.807, 2.05) is 0 Å². The molecule has 0 amide bonds. The molecule has 0 aromatic carbocycles. The predicted molar refractivity (Wildman–Crippen MR) is 69.9 cm³/mol. The van der Waals surface area contributed by atoms with Gasteiger partial charge < -0.3 is 21.3 Å². The van der Waals surface area contributed by atoms with E-state index < -0.39 is 0 Å². The van der Waals surface area contributed by atoms with Crippen LogP contribution in [0, 0.1) is 0 Å². The summed E-state index contributed by atoms with van der Waals surface area (Å²) >= 11 is 0. The van der Waals surface area contributed by atoms with Crippen LogP contribution in [0.1, 0.15) is 27.7 Å². The van der Waals surface area contributed by atoms with Crippen molar-refractivity contribution in [3.8, 4) is 0 Å². The van der Waals surface area contributed by atoms with E-state index in [0.717, 1.165) is 26.2 Å². The van der Waals surface area contributed by atoms with Crippen molar-refractivity contribution in [1.29, 1.82) is 0 Å². The van der Waals surface area contributed by atoms with Gasteiger partial charge in [0.05, 0.1) is 0 Å². The number of rotatable bonds is 0. The fourth-order valence-electron chi connectivity index (χ4n) is 1.80. The maximum absolute atomic E-state index is 3.54. The first-order chi connectivity index (χ1) is 7.58. The number of hydrogen-bond donors (Lipinski definition) is 4. The van der Waals surface area contributed by atoms with Crippen LogP contribution >= 0.6 is 0 Å². The molecule has 1 aliphatic rings. The third-order valence-corrected chi connectivity index (χ3v) is 3.09. The van der Waals surface area contributed by atoms with Crippen molar-refractivity contribution < 1.29 is 0 Å². The van der Waals surface area contributed by atoms with Crippen LogP contribution < -0.4 is 21.3 Å². The van der Waals surface area contributed by atoms with Crippen molar-refractivity contribution in [2.24, 2.45) is 0 Å². The summed E-state index contributed by atoms with van der Waals surface area (Å²) in [5.41, 5.74) is 0. The first kappa shape index (κ1) is 13.9. The van der Waals surface area contributed by atoms with Gasteiger partial charge in [0.25, 0.3) is 0 Å². The second-order valence-electron chi connectivity index (χ2n) is 5.24. The molecule has 0 aliphatic carbocycles. The third kappa shape index (κ3) is 5.80. The summed E-state index contributed by atoms with van der Waals surface area (Å²) in [4.78, 5) is 0. The lowest BCUT2D eigenvalue weighted by molar-refractivity contribution is 0.376. The van der Waals surface area contributed by atoms with E-state index in [4.69, 9.17) is 0 Å². The topological polar surface area (TPSA) is 48.1 Å². The minimum Gasteiger partial charge on any atom is -0.311 e. The lowest BCUT2D eigenvalue weighted by atomic mass is 10.2. The van der Waals surface area contributed by atoms with Crippen LogP contribution in [0.3, 0.4) is 0 Å². The van der Waals surface area contributed by atoms with E-state index in [2.05, 4.69) is 49.0 Å². The molecule has 1 aliphatic heterocycles. The molecule has 16 heavy (non-hydrogen) atoms. The average molecular weight is 228 g/mol. The molecule has 1 fully saturated rings. The van der Waals surface area contributed by atoms with Gasteiger partial charge in [-0.05, 0) is 27.7 Å². The minimum absolute atomic E-state index is 0.531. The van der Waals surface area contributed by atoms with Gasteiger partial charge in [-0.15, -0.1) is 0 Å². The molecular weight excluding hydrogens is 200 g/mol. The van der Waals surface area contributed by atoms with Crippen LogP contribution in [0.25, 0.3) is 0 Å². The van der Waals surface area contributed by atoms with Gasteiger partial charge in [0.2, 0.25) is 0 Å². The zero-order valence-electron chi connectivity index (χ0n) is 11.1. The van der Waals surface area contributed by atoms with Gasteiger partial charge in [0, 0.05) is 50.3 Å². The van der Waals surface area contributed by atoms with Gasteiger partial charge in [0.1, 0.15) is 0 Å². The molecule has 0 radical (unpaired) electrons. The van der Waals surface area contributed by atoms with Crippen LogP contribution in [-0.2, 0) is 0 Å². The van der Waals surface area contributed by atoms with Crippen LogP contribution in [0.4, 0.5) is 0 Å². The summed E-state index contributed by atoms with van der Waals surface area (Å²) in [5.74, 6) is 0. The summed E-state index contributed by atoms with van der Waals surface area (Å²) in [6.07, 6.45) is 0. The normalized spacial score (nSPS) is 39.8. The molecule has 4 N–H and O–H groups in total. The Morgan fingerprint density at radius 2 is 0.688 bits per heavy atom. The Hall–Kier alpha value is -0.160. The Balaban J connectivity index is 2.39. The minimum atomic E-state index is 0.531. The summed E-state index contributed by atoms with van der Waals surface area (Å²) in [5, 5.41) is 14.2. The van der Waals surface area contributed by atoms with Crippen molar-refractivity contribution in [3.05, 3.63) is 0 Å². The van der Waals surface area contributed by atoms with Crippen molar-refractivity contribution in [2.45, 2.75) is 51.9 Å². The van der Waals surface area contributed by atoms with E-state index in [1.54, 1.807) is 0 Å². The fourth-order valence-corrected chi connectivity index (χ4v) is 1.80. The van der Waals surface area contributed by atoms with Crippen molar-refractivity contribution in [3.63, 3.8) is 0 Å². The zero-order chi connectivity index (χ0) is 12.0. The van der Waals surface area contributed by atoms with Crippen molar-refractivity contribution >= 4 is 0 Å². The fraction of sp³-hybridized carbons (Fsp3) is 1.00. The summed E-state index contributed by atoms with van der Waals surface area (Å²) in [6.45, 7) is 13.0. The molecule has 1 rings (SSSR count). The van der Waals surface area contributed by atoms with Crippen molar-refractivity contribution in [1.82, 2.24) is 21.3 Å². The largest absolute Gasteiger partial charge is 0.311 e. The predicted octanol–water partition coefficient (Wildman–Crippen LogP) is -0.0876. The van der Waals surface area contributed by atoms with Gasteiger partial charge >= 0.3 is 0 Å². The van der Waals surface area contributed by atoms with Crippen LogP contribution in [0.5, 0.6) is 0 Å². The molecule has 1 saturated heterocycles. The SMILES string of the molecule is C[C@@H]1CN[C@@H](C)CN[C@@H](C)CN[C@@H](C)CN1. The molecule has 0 unspecified atom stereocenters. The monoisotopic (exact) mass is 228 g/mol. The molecule has 4 heteroatoms. The molecule has 0 bridgehead atoms. The highest BCUT2D eigenvalue weighted by Gasteiger charge is 2.11. The maximum Gasteiger partial charge on any atom is 0.0164 e. The molecule has 0 aromatic heterocycles. The second-order valence-corrected chi connectivity index (χ2v) is 5.24. The molecule has 4 nitrogen and oxygen atoms in total. The molecule has 96 valence electrons. The summed E-state index contributed by atoms with van der Waals surface area (Å²) < 4.78 is 0. The van der Waals surface area contributed by atoms with E-state index in [9.17, 15) is 0 Å². The molecule has 0 spiro atoms. The van der Waals surface area contributed by atoms with Gasteiger partial charge in [0.15, 0.2) is 0 Å². The quantitative estimate of drug-likeness (QED) is 0.468. The van der Waals surface area contributed by atoms with Crippen LogP contribution in [-0.4, -0.2) is 50.3 Å². The smallest absolute Gasteiger partial charge is 0.0164 e. The van der Waals surface area contributed by atoms with E-state index in [-0.39, 0.29) is 0 Å². The average Bonchev–Trinajstić information content (AvgIpc) is 2.27. The summed E-state index contributed by atoms with van der Waals surface area (Å²) in [6, 6.07) is 2.12. The van der Waals surface area contributed by atoms with E-state index in [0.29, 0.717) is 24.2 Å². The molecule has 1 heterocycles. The Labute approximate surface area is 99.9 Å². The Morgan fingerprint density at radius 1 is 0.500 bits per heavy atom. The standard InChI is InChI=1S/C12H28N4/c1-9-5-14-11(3)7-16-12(4)8-15-10(2)6-13-9/h9-16H,5-8H2,1-4H3/t9-,10-,11-,12+/m0/s1. The zero-order valence-corrected chi connectivity index (χ0v) is 11.1. The van der Waals surface area contributed by atoms with Gasteiger partial charge in [-0.2, -0.15) is 0 Å². The lowest BCUT2D eigenvalue weighted by Gasteiger charge is -2.26. The maximum atomic E-state index is 3.54. The summed E-state index contributed by atoms with van der Waals surface area (Å²) in [7, 11) is 0. The first-order valence-electron chi connectivity index (χ1n) is 6.51. The Kier molecular flexibility index (Phi) is 6.28. The lowest BCUT2D eigenvalue weighted by Crippen LogP contribution is -2.51. The Morgan fingerprint density at radius 3 is 0.875 bits per heavy atom. The third-order valence-electron chi connectivity index (χ3n) is 3.09. The highest BCUT2D eigenvalue weighted by molar-refractivity contribution is 4.77. The van der Waals surface area contributed by atoms with E-state index >= 15 is 0 Å². The number of hydrogen-bond acceptors (Lipinski definition) is 4. The van der Waals surface area contributed by atoms with Gasteiger partial charge in [-0.3, -0.25) is 0 Å². The number of nitrogens with one attached hydrogen (secondary N) is 4. The first-order valence-corrected chi connectivity index (χ1v) is 6.51.